The van der Waals surface area contributed by atoms with Crippen LogP contribution in [-0.2, 0) is 0 Å². The van der Waals surface area contributed by atoms with Crippen molar-refractivity contribution in [3.05, 3.63) is 52.8 Å². The van der Waals surface area contributed by atoms with Gasteiger partial charge in [-0.3, -0.25) is 4.98 Å². The van der Waals surface area contributed by atoms with Crippen LogP contribution in [0.3, 0.4) is 0 Å². The van der Waals surface area contributed by atoms with Gasteiger partial charge in [-0.15, -0.1) is 0 Å². The topological polar surface area (TPSA) is 72.4 Å². The maximum Gasteiger partial charge on any atom is 0.0897 e. The van der Waals surface area contributed by atoms with Gasteiger partial charge in [0, 0.05) is 34.4 Å². The summed E-state index contributed by atoms with van der Waals surface area (Å²) in [5.41, 5.74) is 8.49. The number of fused-ring (bicyclic) bond motifs is 1. The highest BCUT2D eigenvalue weighted by Gasteiger charge is 2.23. The number of likely N-dealkylation sites (tertiary alicyclic amines) is 1. The number of nitrogens with zero attached hydrogens (tertiary/aromatic N) is 2. The zero-order valence-corrected chi connectivity index (χ0v) is 19.2. The largest absolute Gasteiger partial charge is 0.394 e. The third-order valence-corrected chi connectivity index (χ3v) is 6.55. The normalized spacial score (nSPS) is 17.0. The fourth-order valence-electron chi connectivity index (χ4n) is 5.10. The Balaban J connectivity index is 1.64. The van der Waals surface area contributed by atoms with Gasteiger partial charge in [0.25, 0.3) is 0 Å². The summed E-state index contributed by atoms with van der Waals surface area (Å²) < 4.78 is 0. The number of β-amino-alcohol motifs (C(OH)–C–C–N with tert-alkyl or cyclic N) is 1. The van der Waals surface area contributed by atoms with Gasteiger partial charge < -0.3 is 20.1 Å². The van der Waals surface area contributed by atoms with E-state index in [1.807, 2.05) is 0 Å². The molecule has 0 spiro atoms. The molecule has 1 aliphatic heterocycles. The van der Waals surface area contributed by atoms with Crippen molar-refractivity contribution in [3.63, 3.8) is 0 Å². The first kappa shape index (κ1) is 22.0. The van der Waals surface area contributed by atoms with Crippen LogP contribution in [0.25, 0.3) is 22.2 Å². The number of rotatable bonds is 6. The van der Waals surface area contributed by atoms with E-state index < -0.39 is 6.10 Å². The number of hydrogen-bond acceptors (Lipinski definition) is 4. The Bertz CT molecular complexity index is 1030. The van der Waals surface area contributed by atoms with Gasteiger partial charge in [0.1, 0.15) is 0 Å². The van der Waals surface area contributed by atoms with Gasteiger partial charge in [-0.2, -0.15) is 0 Å². The molecule has 166 valence electrons. The molecule has 31 heavy (non-hydrogen) atoms. The van der Waals surface area contributed by atoms with Crippen molar-refractivity contribution in [2.45, 2.75) is 58.5 Å². The second kappa shape index (κ2) is 9.11. The second-order valence-corrected chi connectivity index (χ2v) is 9.42. The van der Waals surface area contributed by atoms with E-state index in [-0.39, 0.29) is 6.61 Å². The molecule has 1 fully saturated rings. The number of hydrogen-bond donors (Lipinski definition) is 3. The van der Waals surface area contributed by atoms with Crippen LogP contribution in [0, 0.1) is 13.8 Å². The Hall–Kier alpha value is -2.21. The van der Waals surface area contributed by atoms with Gasteiger partial charge in [-0.1, -0.05) is 19.9 Å². The van der Waals surface area contributed by atoms with Crippen molar-refractivity contribution in [1.29, 1.82) is 0 Å². The second-order valence-electron chi connectivity index (χ2n) is 9.42. The molecule has 2 aromatic heterocycles. The summed E-state index contributed by atoms with van der Waals surface area (Å²) in [6.45, 7) is 11.0. The molecule has 0 radical (unpaired) electrons. The lowest BCUT2D eigenvalue weighted by Crippen LogP contribution is -2.39. The van der Waals surface area contributed by atoms with Crippen LogP contribution in [0.4, 0.5) is 0 Å². The van der Waals surface area contributed by atoms with Crippen molar-refractivity contribution in [2.75, 3.05) is 26.2 Å². The Morgan fingerprint density at radius 3 is 2.39 bits per heavy atom. The Morgan fingerprint density at radius 2 is 1.77 bits per heavy atom. The van der Waals surface area contributed by atoms with Crippen LogP contribution in [0.2, 0.25) is 0 Å². The van der Waals surface area contributed by atoms with E-state index in [1.165, 1.54) is 33.3 Å². The van der Waals surface area contributed by atoms with Crippen LogP contribution >= 0.6 is 0 Å². The number of aliphatic hydroxyl groups excluding tert-OH is 2. The molecular formula is C26H35N3O2. The SMILES string of the molecule is Cc1cc(-c2[nH]c3ccc(C4CCN(CC(O)CO)CC4)cc3c2C(C)C)cc(C)n1. The molecule has 0 aliphatic carbocycles. The van der Waals surface area contributed by atoms with E-state index in [1.54, 1.807) is 0 Å². The number of pyridine rings is 1. The van der Waals surface area contributed by atoms with E-state index in [4.69, 9.17) is 5.11 Å². The summed E-state index contributed by atoms with van der Waals surface area (Å²) in [5, 5.41) is 20.2. The number of piperidine rings is 1. The summed E-state index contributed by atoms with van der Waals surface area (Å²) in [4.78, 5) is 10.5. The predicted molar refractivity (Wildman–Crippen MR) is 127 cm³/mol. The highest BCUT2D eigenvalue weighted by atomic mass is 16.3. The number of nitrogens with one attached hydrogen (secondary N) is 1. The Kier molecular flexibility index (Phi) is 6.47. The third-order valence-electron chi connectivity index (χ3n) is 6.55. The average Bonchev–Trinajstić information content (AvgIpc) is 3.12. The van der Waals surface area contributed by atoms with E-state index >= 15 is 0 Å². The molecule has 1 atom stereocenters. The van der Waals surface area contributed by atoms with Crippen LogP contribution in [0.15, 0.2) is 30.3 Å². The summed E-state index contributed by atoms with van der Waals surface area (Å²) in [5.74, 6) is 0.949. The van der Waals surface area contributed by atoms with E-state index in [9.17, 15) is 5.11 Å². The van der Waals surface area contributed by atoms with Crippen LogP contribution < -0.4 is 0 Å². The maximum absolute atomic E-state index is 9.73. The quantitative estimate of drug-likeness (QED) is 0.548. The molecule has 5 heteroatoms. The first-order valence-electron chi connectivity index (χ1n) is 11.5. The average molecular weight is 422 g/mol. The van der Waals surface area contributed by atoms with Crippen LogP contribution in [0.5, 0.6) is 0 Å². The van der Waals surface area contributed by atoms with Crippen molar-refractivity contribution >= 4 is 10.9 Å². The number of aromatic amines is 1. The molecule has 0 saturated carbocycles. The van der Waals surface area contributed by atoms with Crippen molar-refractivity contribution in [2.24, 2.45) is 0 Å². The molecule has 3 heterocycles. The van der Waals surface area contributed by atoms with Crippen molar-refractivity contribution in [3.8, 4) is 11.3 Å². The lowest BCUT2D eigenvalue weighted by atomic mass is 9.87. The molecule has 4 rings (SSSR count). The van der Waals surface area contributed by atoms with E-state index in [0.717, 1.165) is 37.3 Å². The van der Waals surface area contributed by atoms with Gasteiger partial charge in [0.15, 0.2) is 0 Å². The number of aliphatic hydroxyl groups is 2. The molecular weight excluding hydrogens is 386 g/mol. The van der Waals surface area contributed by atoms with E-state index in [0.29, 0.717) is 18.4 Å². The van der Waals surface area contributed by atoms with Crippen LogP contribution in [-0.4, -0.2) is 57.4 Å². The highest BCUT2D eigenvalue weighted by Crippen LogP contribution is 2.38. The van der Waals surface area contributed by atoms with Crippen LogP contribution in [0.1, 0.15) is 61.0 Å². The monoisotopic (exact) mass is 421 g/mol. The zero-order chi connectivity index (χ0) is 22.1. The standard InChI is InChI=1S/C26H35N3O2/c1-16(2)25-23-13-20(19-7-9-29(10-8-19)14-22(31)15-30)5-6-24(23)28-26(25)21-11-17(3)27-18(4)12-21/h5-6,11-13,16,19,22,28,30-31H,7-10,14-15H2,1-4H3. The van der Waals surface area contributed by atoms with Gasteiger partial charge in [-0.25, -0.2) is 0 Å². The first-order valence-corrected chi connectivity index (χ1v) is 11.5. The highest BCUT2D eigenvalue weighted by molar-refractivity contribution is 5.92. The summed E-state index contributed by atoms with van der Waals surface area (Å²) in [6.07, 6.45) is 1.53. The molecule has 3 aromatic rings. The predicted octanol–water partition coefficient (Wildman–Crippen LogP) is 4.50. The summed E-state index contributed by atoms with van der Waals surface area (Å²) >= 11 is 0. The Labute approximate surface area is 185 Å². The summed E-state index contributed by atoms with van der Waals surface area (Å²) in [6, 6.07) is 11.2. The molecule has 5 nitrogen and oxygen atoms in total. The molecule has 0 bridgehead atoms. The third kappa shape index (κ3) is 4.69. The first-order chi connectivity index (χ1) is 14.9. The lowest BCUT2D eigenvalue weighted by molar-refractivity contribution is 0.0513. The summed E-state index contributed by atoms with van der Waals surface area (Å²) in [7, 11) is 0. The number of benzene rings is 1. The number of aryl methyl sites for hydroxylation is 2. The van der Waals surface area contributed by atoms with Crippen molar-refractivity contribution in [1.82, 2.24) is 14.9 Å². The van der Waals surface area contributed by atoms with Crippen molar-refractivity contribution < 1.29 is 10.2 Å². The molecule has 1 saturated heterocycles. The van der Waals surface area contributed by atoms with Gasteiger partial charge in [-0.05, 0) is 87.0 Å². The van der Waals surface area contributed by atoms with Gasteiger partial charge >= 0.3 is 0 Å². The molecule has 0 amide bonds. The number of aromatic nitrogens is 2. The van der Waals surface area contributed by atoms with E-state index in [2.05, 4.69) is 72.9 Å². The minimum atomic E-state index is -0.639. The molecule has 3 N–H and O–H groups in total. The fraction of sp³-hybridized carbons (Fsp3) is 0.500. The maximum atomic E-state index is 9.73. The zero-order valence-electron chi connectivity index (χ0n) is 19.2. The fourth-order valence-corrected chi connectivity index (χ4v) is 5.10. The van der Waals surface area contributed by atoms with Gasteiger partial charge in [0.2, 0.25) is 0 Å². The number of H-pyrrole nitrogens is 1. The lowest BCUT2D eigenvalue weighted by Gasteiger charge is -2.33. The minimum Gasteiger partial charge on any atom is -0.394 e. The van der Waals surface area contributed by atoms with Gasteiger partial charge in [0.05, 0.1) is 18.4 Å². The smallest absolute Gasteiger partial charge is 0.0897 e. The minimum absolute atomic E-state index is 0.166. The Morgan fingerprint density at radius 1 is 1.10 bits per heavy atom. The molecule has 1 aliphatic rings. The molecule has 1 aromatic carbocycles. The molecule has 1 unspecified atom stereocenters.